The van der Waals surface area contributed by atoms with Crippen LogP contribution in [0.3, 0.4) is 0 Å². The average Bonchev–Trinajstić information content (AvgIpc) is 2.34. The van der Waals surface area contributed by atoms with Gasteiger partial charge in [-0.25, -0.2) is 10.9 Å². The minimum absolute atomic E-state index is 0.286. The summed E-state index contributed by atoms with van der Waals surface area (Å²) >= 11 is 3.33. The van der Waals surface area contributed by atoms with Gasteiger partial charge in [-0.15, -0.1) is 0 Å². The molecule has 7 heteroatoms. The third-order valence-electron chi connectivity index (χ3n) is 1.88. The molecule has 0 spiro atoms. The molecule has 1 aromatic carbocycles. The number of amides is 2. The Labute approximate surface area is 119 Å². The lowest BCUT2D eigenvalue weighted by Gasteiger charge is -2.02. The van der Waals surface area contributed by atoms with E-state index in [0.717, 1.165) is 10.0 Å². The van der Waals surface area contributed by atoms with Crippen LogP contribution in [0.25, 0.3) is 0 Å². The third-order valence-corrected chi connectivity index (χ3v) is 2.41. The Morgan fingerprint density at radius 3 is 2.21 bits per heavy atom. The third kappa shape index (κ3) is 5.91. The van der Waals surface area contributed by atoms with Crippen LogP contribution in [0.2, 0.25) is 0 Å². The van der Waals surface area contributed by atoms with Gasteiger partial charge in [0, 0.05) is 23.9 Å². The first-order valence-corrected chi connectivity index (χ1v) is 6.18. The quantitative estimate of drug-likeness (QED) is 0.648. The summed E-state index contributed by atoms with van der Waals surface area (Å²) in [5.41, 5.74) is 5.79. The normalized spacial score (nSPS) is 11.4. The zero-order valence-electron chi connectivity index (χ0n) is 10.5. The number of hydrogen-bond acceptors (Lipinski definition) is 4. The topological polar surface area (TPSA) is 82.9 Å². The van der Waals surface area contributed by atoms with Gasteiger partial charge < -0.3 is 0 Å². The molecule has 19 heavy (non-hydrogen) atoms. The molecule has 0 aliphatic carbocycles. The summed E-state index contributed by atoms with van der Waals surface area (Å²) < 4.78 is 0.925. The number of carbonyl (C=O) groups is 2. The molecule has 1 rings (SSSR count). The molecule has 1 aromatic rings. The predicted molar refractivity (Wildman–Crippen MR) is 76.8 cm³/mol. The highest BCUT2D eigenvalue weighted by Crippen LogP contribution is 2.10. The van der Waals surface area contributed by atoms with Gasteiger partial charge in [-0.2, -0.15) is 10.2 Å². The summed E-state index contributed by atoms with van der Waals surface area (Å²) in [4.78, 5) is 21.6. The SMILES string of the molecule is CC(=O)N/N=C\C(=N\NC(C)=O)c1ccc(Br)cc1. The van der Waals surface area contributed by atoms with Crippen LogP contribution in [0.1, 0.15) is 19.4 Å². The van der Waals surface area contributed by atoms with Crippen LogP contribution < -0.4 is 10.9 Å². The van der Waals surface area contributed by atoms with Crippen LogP contribution >= 0.6 is 15.9 Å². The number of carbonyl (C=O) groups excluding carboxylic acids is 2. The molecular weight excluding hydrogens is 312 g/mol. The van der Waals surface area contributed by atoms with Crippen LogP contribution in [0.5, 0.6) is 0 Å². The van der Waals surface area contributed by atoms with E-state index in [1.54, 1.807) is 0 Å². The molecule has 0 radical (unpaired) electrons. The van der Waals surface area contributed by atoms with Crippen molar-refractivity contribution in [2.75, 3.05) is 0 Å². The second-order valence-corrected chi connectivity index (χ2v) is 4.51. The summed E-state index contributed by atoms with van der Waals surface area (Å²) in [6.07, 6.45) is 1.36. The zero-order chi connectivity index (χ0) is 14.3. The van der Waals surface area contributed by atoms with Gasteiger partial charge in [-0.05, 0) is 12.1 Å². The second kappa shape index (κ2) is 7.42. The van der Waals surface area contributed by atoms with Crippen LogP contribution in [0, 0.1) is 0 Å². The minimum atomic E-state index is -0.289. The molecule has 2 N–H and O–H groups in total. The van der Waals surface area contributed by atoms with Crippen molar-refractivity contribution in [2.45, 2.75) is 13.8 Å². The van der Waals surface area contributed by atoms with Crippen molar-refractivity contribution in [3.8, 4) is 0 Å². The van der Waals surface area contributed by atoms with E-state index in [1.807, 2.05) is 24.3 Å². The van der Waals surface area contributed by atoms with Gasteiger partial charge in [-0.1, -0.05) is 28.1 Å². The van der Waals surface area contributed by atoms with Crippen LogP contribution in [-0.2, 0) is 9.59 Å². The molecule has 2 amide bonds. The maximum atomic E-state index is 10.9. The van der Waals surface area contributed by atoms with Gasteiger partial charge in [0.25, 0.3) is 0 Å². The number of benzene rings is 1. The first-order valence-electron chi connectivity index (χ1n) is 5.39. The van der Waals surface area contributed by atoms with Crippen LogP contribution in [-0.4, -0.2) is 23.7 Å². The van der Waals surface area contributed by atoms with Gasteiger partial charge in [-0.3, -0.25) is 9.59 Å². The summed E-state index contributed by atoms with van der Waals surface area (Å²) in [5, 5.41) is 7.65. The van der Waals surface area contributed by atoms with Crippen LogP contribution in [0.15, 0.2) is 38.9 Å². The summed E-state index contributed by atoms with van der Waals surface area (Å²) in [5.74, 6) is -0.575. The van der Waals surface area contributed by atoms with E-state index in [0.29, 0.717) is 5.71 Å². The van der Waals surface area contributed by atoms with Crippen molar-refractivity contribution in [1.82, 2.24) is 10.9 Å². The molecule has 6 nitrogen and oxygen atoms in total. The minimum Gasteiger partial charge on any atom is -0.274 e. The predicted octanol–water partition coefficient (Wildman–Crippen LogP) is 1.41. The number of hydrogen-bond donors (Lipinski definition) is 2. The van der Waals surface area contributed by atoms with E-state index in [1.165, 1.54) is 20.1 Å². The van der Waals surface area contributed by atoms with E-state index in [9.17, 15) is 9.59 Å². The lowest BCUT2D eigenvalue weighted by Crippen LogP contribution is -2.19. The standard InChI is InChI=1S/C12H13BrN4O2/c1-8(18)15-14-7-12(17-16-9(2)19)10-3-5-11(13)6-4-10/h3-7H,1-2H3,(H,15,18)(H,16,19)/b14-7-,17-12-. The average molecular weight is 325 g/mol. The van der Waals surface area contributed by atoms with E-state index in [-0.39, 0.29) is 11.8 Å². The highest BCUT2D eigenvalue weighted by Gasteiger charge is 2.02. The Kier molecular flexibility index (Phi) is 5.87. The maximum absolute atomic E-state index is 10.9. The number of rotatable bonds is 4. The van der Waals surface area contributed by atoms with Crippen molar-refractivity contribution in [1.29, 1.82) is 0 Å². The van der Waals surface area contributed by atoms with Crippen molar-refractivity contribution in [3.05, 3.63) is 34.3 Å². The molecule has 0 unspecified atom stereocenters. The van der Waals surface area contributed by atoms with Crippen molar-refractivity contribution in [3.63, 3.8) is 0 Å². The number of nitrogens with one attached hydrogen (secondary N) is 2. The van der Waals surface area contributed by atoms with E-state index in [4.69, 9.17) is 0 Å². The number of halogens is 1. The monoisotopic (exact) mass is 324 g/mol. The van der Waals surface area contributed by atoms with E-state index < -0.39 is 0 Å². The van der Waals surface area contributed by atoms with Gasteiger partial charge in [0.1, 0.15) is 5.71 Å². The molecule has 0 aliphatic rings. The molecular formula is C12H13BrN4O2. The zero-order valence-corrected chi connectivity index (χ0v) is 12.1. The maximum Gasteiger partial charge on any atom is 0.236 e. The fourth-order valence-electron chi connectivity index (χ4n) is 1.11. The van der Waals surface area contributed by atoms with Crippen molar-refractivity contribution in [2.24, 2.45) is 10.2 Å². The highest BCUT2D eigenvalue weighted by molar-refractivity contribution is 9.10. The van der Waals surface area contributed by atoms with Gasteiger partial charge >= 0.3 is 0 Å². The molecule has 0 heterocycles. The second-order valence-electron chi connectivity index (χ2n) is 3.60. The number of nitrogens with zero attached hydrogens (tertiary/aromatic N) is 2. The summed E-state index contributed by atoms with van der Waals surface area (Å²) in [7, 11) is 0. The molecule has 0 fully saturated rings. The summed E-state index contributed by atoms with van der Waals surface area (Å²) in [6.45, 7) is 2.70. The lowest BCUT2D eigenvalue weighted by molar-refractivity contribution is -0.119. The Morgan fingerprint density at radius 2 is 1.68 bits per heavy atom. The highest BCUT2D eigenvalue weighted by atomic mass is 79.9. The molecule has 0 bridgehead atoms. The molecule has 0 aliphatic heterocycles. The smallest absolute Gasteiger partial charge is 0.236 e. The van der Waals surface area contributed by atoms with E-state index in [2.05, 4.69) is 37.0 Å². The molecule has 0 atom stereocenters. The van der Waals surface area contributed by atoms with Crippen molar-refractivity contribution >= 4 is 39.7 Å². The molecule has 0 saturated heterocycles. The first-order chi connectivity index (χ1) is 8.99. The lowest BCUT2D eigenvalue weighted by atomic mass is 10.1. The molecule has 0 saturated carbocycles. The molecule has 100 valence electrons. The summed E-state index contributed by atoms with van der Waals surface area (Å²) in [6, 6.07) is 7.30. The van der Waals surface area contributed by atoms with Gasteiger partial charge in [0.15, 0.2) is 0 Å². The van der Waals surface area contributed by atoms with Crippen molar-refractivity contribution < 1.29 is 9.59 Å². The Bertz CT molecular complexity index is 523. The van der Waals surface area contributed by atoms with Gasteiger partial charge in [0.05, 0.1) is 6.21 Å². The fourth-order valence-corrected chi connectivity index (χ4v) is 1.38. The fraction of sp³-hybridized carbons (Fsp3) is 0.167. The first kappa shape index (κ1) is 15.0. The van der Waals surface area contributed by atoms with Gasteiger partial charge in [0.2, 0.25) is 11.8 Å². The van der Waals surface area contributed by atoms with E-state index >= 15 is 0 Å². The molecule has 0 aromatic heterocycles. The number of hydrazone groups is 2. The Hall–Kier alpha value is -2.02. The Morgan fingerprint density at radius 1 is 1.11 bits per heavy atom. The largest absolute Gasteiger partial charge is 0.274 e. The van der Waals surface area contributed by atoms with Crippen LogP contribution in [0.4, 0.5) is 0 Å². The Balaban J connectivity index is 2.94.